The molecule has 6 rings (SSSR count). The zero-order chi connectivity index (χ0) is 22.7. The molecule has 0 bridgehead atoms. The number of nitrogens with zero attached hydrogens (tertiary/aromatic N) is 4. The Balaban J connectivity index is 1.28. The number of nitrogens with one attached hydrogen (secondary N) is 2. The Labute approximate surface area is 200 Å². The highest BCUT2D eigenvalue weighted by Crippen LogP contribution is 2.37. The van der Waals surface area contributed by atoms with E-state index in [1.807, 2.05) is 36.4 Å². The van der Waals surface area contributed by atoms with Crippen molar-refractivity contribution in [1.29, 1.82) is 0 Å². The molecule has 0 amide bonds. The molecule has 2 N–H and O–H groups in total. The first kappa shape index (κ1) is 21.0. The fraction of sp³-hybridized carbons (Fsp3) is 0.240. The molecule has 0 saturated carbocycles. The Morgan fingerprint density at radius 2 is 2.00 bits per heavy atom. The summed E-state index contributed by atoms with van der Waals surface area (Å²) in [6, 6.07) is 16.3. The number of anilines is 2. The summed E-state index contributed by atoms with van der Waals surface area (Å²) in [6.45, 7) is 5.07. The van der Waals surface area contributed by atoms with E-state index in [1.54, 1.807) is 11.3 Å². The highest BCUT2D eigenvalue weighted by Gasteiger charge is 2.15. The normalized spacial score (nSPS) is 14.6. The van der Waals surface area contributed by atoms with Crippen molar-refractivity contribution in [2.24, 2.45) is 0 Å². The van der Waals surface area contributed by atoms with Gasteiger partial charge in [-0.3, -0.25) is 10.00 Å². The lowest BCUT2D eigenvalue weighted by atomic mass is 10.1. The van der Waals surface area contributed by atoms with Gasteiger partial charge in [-0.15, -0.1) is 11.3 Å². The lowest BCUT2D eigenvalue weighted by molar-refractivity contribution is 0.0322. The van der Waals surface area contributed by atoms with Gasteiger partial charge < -0.3 is 14.8 Å². The summed E-state index contributed by atoms with van der Waals surface area (Å²) < 4.78 is 12.6. The van der Waals surface area contributed by atoms with Crippen LogP contribution in [-0.4, -0.2) is 64.5 Å². The van der Waals surface area contributed by atoms with Crippen LogP contribution in [0, 0.1) is 0 Å². The van der Waals surface area contributed by atoms with E-state index in [9.17, 15) is 0 Å². The molecule has 3 aromatic heterocycles. The number of H-pyrrole nitrogens is 1. The molecule has 34 heavy (non-hydrogen) atoms. The minimum atomic E-state index is 0.646. The number of pyridine rings is 1. The number of benzene rings is 2. The van der Waals surface area contributed by atoms with E-state index in [0.717, 1.165) is 76.7 Å². The van der Waals surface area contributed by atoms with Gasteiger partial charge in [0.05, 0.1) is 23.4 Å². The molecular formula is C25H24N6O2S. The second kappa shape index (κ2) is 9.38. The molecule has 172 valence electrons. The molecule has 0 aliphatic carbocycles. The van der Waals surface area contributed by atoms with E-state index < -0.39 is 0 Å². The number of para-hydroxylation sites is 1. The average molecular weight is 473 g/mol. The summed E-state index contributed by atoms with van der Waals surface area (Å²) in [7, 11) is 0. The molecule has 9 heteroatoms. The largest absolute Gasteiger partial charge is 0.492 e. The minimum absolute atomic E-state index is 0.646. The van der Waals surface area contributed by atoms with Gasteiger partial charge in [0.15, 0.2) is 5.82 Å². The van der Waals surface area contributed by atoms with Gasteiger partial charge in [0.2, 0.25) is 0 Å². The van der Waals surface area contributed by atoms with Crippen LogP contribution in [0.25, 0.3) is 32.4 Å². The zero-order valence-electron chi connectivity index (χ0n) is 18.5. The maximum Gasteiger partial charge on any atom is 0.157 e. The number of aromatic nitrogens is 4. The summed E-state index contributed by atoms with van der Waals surface area (Å²) in [6.07, 6.45) is 1.51. The number of hydrogen-bond donors (Lipinski definition) is 2. The lowest BCUT2D eigenvalue weighted by Crippen LogP contribution is -2.38. The number of ether oxygens (including phenoxy) is 2. The maximum absolute atomic E-state index is 6.04. The van der Waals surface area contributed by atoms with Crippen LogP contribution in [0.1, 0.15) is 0 Å². The van der Waals surface area contributed by atoms with Crippen LogP contribution in [0.3, 0.4) is 0 Å². The Morgan fingerprint density at radius 3 is 2.88 bits per heavy atom. The second-order valence-electron chi connectivity index (χ2n) is 8.11. The summed E-state index contributed by atoms with van der Waals surface area (Å²) >= 11 is 1.68. The smallest absolute Gasteiger partial charge is 0.157 e. The molecule has 1 aliphatic heterocycles. The fourth-order valence-electron chi connectivity index (χ4n) is 4.28. The second-order valence-corrected chi connectivity index (χ2v) is 9.03. The van der Waals surface area contributed by atoms with Crippen molar-refractivity contribution in [2.45, 2.75) is 0 Å². The average Bonchev–Trinajstić information content (AvgIpc) is 3.58. The van der Waals surface area contributed by atoms with Crippen molar-refractivity contribution >= 4 is 43.8 Å². The van der Waals surface area contributed by atoms with Gasteiger partial charge in [0.25, 0.3) is 0 Å². The summed E-state index contributed by atoms with van der Waals surface area (Å²) in [4.78, 5) is 11.7. The van der Waals surface area contributed by atoms with E-state index in [2.05, 4.69) is 42.9 Å². The fourth-order valence-corrected chi connectivity index (χ4v) is 5.13. The van der Waals surface area contributed by atoms with Gasteiger partial charge in [-0.1, -0.05) is 18.2 Å². The predicted molar refractivity (Wildman–Crippen MR) is 135 cm³/mol. The number of hydrogen-bond acceptors (Lipinski definition) is 8. The molecule has 1 fully saturated rings. The third-order valence-corrected chi connectivity index (χ3v) is 6.90. The Bertz CT molecular complexity index is 1410. The molecule has 1 saturated heterocycles. The SMILES string of the molecule is c1cc(Nc2nc3c(-c4ncn[nH]4)cccc3c3ccsc23)cc(OCCN2CCOCC2)c1. The molecule has 2 aromatic carbocycles. The standard InChI is InChI=1S/C25H24N6O2S/c1-3-17(15-18(4-1)33-13-10-31-8-11-32-12-9-31)28-25-23-20(7-14-34-23)19-5-2-6-21(22(19)29-25)24-26-16-27-30-24/h1-7,14-16H,8-13H2,(H,28,29)(H,26,27,30). The third kappa shape index (κ3) is 4.21. The Kier molecular flexibility index (Phi) is 5.80. The van der Waals surface area contributed by atoms with Gasteiger partial charge in [0, 0.05) is 47.7 Å². The predicted octanol–water partition coefficient (Wildman–Crippen LogP) is 4.69. The lowest BCUT2D eigenvalue weighted by Gasteiger charge is -2.26. The van der Waals surface area contributed by atoms with Crippen molar-refractivity contribution in [1.82, 2.24) is 25.1 Å². The van der Waals surface area contributed by atoms with Crippen LogP contribution >= 0.6 is 11.3 Å². The van der Waals surface area contributed by atoms with Gasteiger partial charge >= 0.3 is 0 Å². The number of morpholine rings is 1. The molecule has 5 aromatic rings. The van der Waals surface area contributed by atoms with Crippen molar-refractivity contribution in [3.8, 4) is 17.1 Å². The minimum Gasteiger partial charge on any atom is -0.492 e. The third-order valence-electron chi connectivity index (χ3n) is 5.98. The summed E-state index contributed by atoms with van der Waals surface area (Å²) in [5, 5.41) is 14.9. The first-order valence-corrected chi connectivity index (χ1v) is 12.2. The number of fused-ring (bicyclic) bond motifs is 3. The topological polar surface area (TPSA) is 88.2 Å². The number of rotatable bonds is 7. The van der Waals surface area contributed by atoms with Crippen molar-refractivity contribution in [3.05, 3.63) is 60.2 Å². The molecule has 0 radical (unpaired) electrons. The van der Waals surface area contributed by atoms with Crippen LogP contribution in [-0.2, 0) is 4.74 Å². The quantitative estimate of drug-likeness (QED) is 0.355. The van der Waals surface area contributed by atoms with Crippen LogP contribution in [0.15, 0.2) is 60.2 Å². The zero-order valence-corrected chi connectivity index (χ0v) is 19.3. The maximum atomic E-state index is 6.04. The number of aromatic amines is 1. The molecule has 1 aliphatic rings. The van der Waals surface area contributed by atoms with E-state index in [-0.39, 0.29) is 0 Å². The van der Waals surface area contributed by atoms with E-state index in [4.69, 9.17) is 14.5 Å². The van der Waals surface area contributed by atoms with Crippen LogP contribution in [0.4, 0.5) is 11.5 Å². The molecule has 0 spiro atoms. The van der Waals surface area contributed by atoms with Gasteiger partial charge in [0.1, 0.15) is 24.5 Å². The van der Waals surface area contributed by atoms with E-state index >= 15 is 0 Å². The van der Waals surface area contributed by atoms with Crippen molar-refractivity contribution < 1.29 is 9.47 Å². The van der Waals surface area contributed by atoms with E-state index in [1.165, 1.54) is 6.33 Å². The Morgan fingerprint density at radius 1 is 1.09 bits per heavy atom. The molecular weight excluding hydrogens is 448 g/mol. The van der Waals surface area contributed by atoms with Crippen LogP contribution < -0.4 is 10.1 Å². The van der Waals surface area contributed by atoms with Crippen LogP contribution in [0.2, 0.25) is 0 Å². The molecule has 8 nitrogen and oxygen atoms in total. The highest BCUT2D eigenvalue weighted by atomic mass is 32.1. The molecule has 0 unspecified atom stereocenters. The van der Waals surface area contributed by atoms with Crippen LogP contribution in [0.5, 0.6) is 5.75 Å². The highest BCUT2D eigenvalue weighted by molar-refractivity contribution is 7.18. The van der Waals surface area contributed by atoms with Crippen molar-refractivity contribution in [2.75, 3.05) is 44.8 Å². The molecule has 4 heterocycles. The summed E-state index contributed by atoms with van der Waals surface area (Å²) in [5.74, 6) is 2.35. The number of thiophene rings is 1. The Hall–Kier alpha value is -3.53. The van der Waals surface area contributed by atoms with Gasteiger partial charge in [-0.05, 0) is 29.6 Å². The monoisotopic (exact) mass is 472 g/mol. The van der Waals surface area contributed by atoms with Gasteiger partial charge in [-0.25, -0.2) is 9.97 Å². The first-order valence-electron chi connectivity index (χ1n) is 11.3. The molecule has 0 atom stereocenters. The first-order chi connectivity index (χ1) is 16.8. The van der Waals surface area contributed by atoms with E-state index in [0.29, 0.717) is 12.4 Å². The van der Waals surface area contributed by atoms with Gasteiger partial charge in [-0.2, -0.15) is 5.10 Å². The summed E-state index contributed by atoms with van der Waals surface area (Å²) in [5.41, 5.74) is 2.74. The van der Waals surface area contributed by atoms with Crippen molar-refractivity contribution in [3.63, 3.8) is 0 Å².